The molecule has 0 bridgehead atoms. The number of benzene rings is 1. The van der Waals surface area contributed by atoms with Crippen LogP contribution < -0.4 is 10.4 Å². The number of ketones is 1. The van der Waals surface area contributed by atoms with Crippen molar-refractivity contribution >= 4 is 17.5 Å². The predicted octanol–water partition coefficient (Wildman–Crippen LogP) is 2.36. The van der Waals surface area contributed by atoms with E-state index in [1.54, 1.807) is 22.8 Å². The third kappa shape index (κ3) is 3.79. The van der Waals surface area contributed by atoms with Crippen molar-refractivity contribution in [1.29, 1.82) is 0 Å². The highest BCUT2D eigenvalue weighted by Crippen LogP contribution is 2.21. The number of carbonyl (C=O) groups is 1. The Hall–Kier alpha value is -2.02. The topological polar surface area (TPSA) is 77.0 Å². The molecule has 0 saturated carbocycles. The van der Waals surface area contributed by atoms with Crippen LogP contribution in [0.1, 0.15) is 30.1 Å². The van der Waals surface area contributed by atoms with Gasteiger partial charge >= 0.3 is 5.69 Å². The summed E-state index contributed by atoms with van der Waals surface area (Å²) in [5.41, 5.74) is 0.302. The summed E-state index contributed by atoms with van der Waals surface area (Å²) in [5.74, 6) is 0.704. The fraction of sp³-hybridized carbons (Fsp3) is 0.400. The summed E-state index contributed by atoms with van der Waals surface area (Å²) in [4.78, 5) is 24.0. The number of nitrogens with one attached hydrogen (secondary N) is 1. The van der Waals surface area contributed by atoms with E-state index in [1.807, 2.05) is 6.07 Å². The van der Waals surface area contributed by atoms with E-state index in [0.29, 0.717) is 23.0 Å². The van der Waals surface area contributed by atoms with Gasteiger partial charge in [-0.1, -0.05) is 37.2 Å². The molecule has 0 unspecified atom stereocenters. The number of thioether (sulfide) groups is 1. The summed E-state index contributed by atoms with van der Waals surface area (Å²) >= 11 is 1.26. The van der Waals surface area contributed by atoms with Crippen LogP contribution in [-0.4, -0.2) is 33.4 Å². The molecule has 1 heterocycles. The Kier molecular flexibility index (Phi) is 5.83. The lowest BCUT2D eigenvalue weighted by molar-refractivity contribution is 0.101. The number of rotatable bonds is 8. The Bertz CT molecular complexity index is 693. The highest BCUT2D eigenvalue weighted by Gasteiger charge is 2.15. The molecule has 0 fully saturated rings. The van der Waals surface area contributed by atoms with E-state index < -0.39 is 0 Å². The fourth-order valence-electron chi connectivity index (χ4n) is 2.01. The summed E-state index contributed by atoms with van der Waals surface area (Å²) in [7, 11) is 1.54. The molecule has 1 N–H and O–H groups in total. The van der Waals surface area contributed by atoms with Gasteiger partial charge in [0.2, 0.25) is 0 Å². The van der Waals surface area contributed by atoms with Crippen molar-refractivity contribution in [3.63, 3.8) is 0 Å². The van der Waals surface area contributed by atoms with Crippen LogP contribution in [0.5, 0.6) is 5.75 Å². The number of Topliss-reactive ketones (excluding diaryl/α,β-unsaturated/α-hetero) is 1. The van der Waals surface area contributed by atoms with Gasteiger partial charge < -0.3 is 4.74 Å². The van der Waals surface area contributed by atoms with E-state index in [-0.39, 0.29) is 17.2 Å². The number of hydrogen-bond donors (Lipinski definition) is 1. The number of para-hydroxylation sites is 1. The van der Waals surface area contributed by atoms with Gasteiger partial charge in [-0.2, -0.15) is 0 Å². The minimum atomic E-state index is -0.235. The third-order valence-corrected chi connectivity index (χ3v) is 4.17. The number of H-pyrrole nitrogens is 1. The molecule has 2 aromatic rings. The summed E-state index contributed by atoms with van der Waals surface area (Å²) in [6.07, 6.45) is 1.88. The summed E-state index contributed by atoms with van der Waals surface area (Å²) < 4.78 is 6.77. The molecule has 0 atom stereocenters. The number of carbonyl (C=O) groups excluding carboxylic acids is 1. The summed E-state index contributed by atoms with van der Waals surface area (Å²) in [6.45, 7) is 2.67. The SMILES string of the molecule is CCCCn1c(SCC(=O)c2ccccc2OC)n[nH]c1=O. The molecule has 2 rings (SSSR count). The highest BCUT2D eigenvalue weighted by molar-refractivity contribution is 7.99. The van der Waals surface area contributed by atoms with Crippen molar-refractivity contribution < 1.29 is 9.53 Å². The zero-order valence-corrected chi connectivity index (χ0v) is 13.5. The Labute approximate surface area is 132 Å². The number of aromatic nitrogens is 3. The van der Waals surface area contributed by atoms with Gasteiger partial charge in [0.15, 0.2) is 10.9 Å². The van der Waals surface area contributed by atoms with Gasteiger partial charge in [-0.3, -0.25) is 9.36 Å². The van der Waals surface area contributed by atoms with Crippen molar-refractivity contribution in [2.75, 3.05) is 12.9 Å². The smallest absolute Gasteiger partial charge is 0.343 e. The molecule has 22 heavy (non-hydrogen) atoms. The van der Waals surface area contributed by atoms with Crippen LogP contribution in [0, 0.1) is 0 Å². The summed E-state index contributed by atoms with van der Waals surface area (Å²) in [6, 6.07) is 7.10. The van der Waals surface area contributed by atoms with Crippen LogP contribution in [0.4, 0.5) is 0 Å². The number of nitrogens with zero attached hydrogens (tertiary/aromatic N) is 2. The number of methoxy groups -OCH3 is 1. The van der Waals surface area contributed by atoms with Gasteiger partial charge in [0.1, 0.15) is 5.75 Å². The maximum Gasteiger partial charge on any atom is 0.343 e. The molecule has 0 spiro atoms. The van der Waals surface area contributed by atoms with Crippen molar-refractivity contribution in [2.45, 2.75) is 31.5 Å². The van der Waals surface area contributed by atoms with E-state index in [9.17, 15) is 9.59 Å². The van der Waals surface area contributed by atoms with Gasteiger partial charge in [-0.15, -0.1) is 5.10 Å². The first kappa shape index (κ1) is 16.4. The first-order valence-electron chi connectivity index (χ1n) is 7.11. The van der Waals surface area contributed by atoms with E-state index in [4.69, 9.17) is 4.74 Å². The van der Waals surface area contributed by atoms with Crippen molar-refractivity contribution in [3.8, 4) is 5.75 Å². The molecular weight excluding hydrogens is 302 g/mol. The largest absolute Gasteiger partial charge is 0.496 e. The van der Waals surface area contributed by atoms with Crippen molar-refractivity contribution in [2.24, 2.45) is 0 Å². The van der Waals surface area contributed by atoms with Crippen LogP contribution in [0.15, 0.2) is 34.2 Å². The van der Waals surface area contributed by atoms with Gasteiger partial charge in [-0.05, 0) is 18.6 Å². The molecule has 1 aromatic heterocycles. The van der Waals surface area contributed by atoms with Crippen LogP contribution in [0.3, 0.4) is 0 Å². The van der Waals surface area contributed by atoms with Crippen molar-refractivity contribution in [3.05, 3.63) is 40.3 Å². The molecule has 1 aromatic carbocycles. The molecule has 0 aliphatic carbocycles. The van der Waals surface area contributed by atoms with Crippen LogP contribution >= 0.6 is 11.8 Å². The molecule has 6 nitrogen and oxygen atoms in total. The minimum Gasteiger partial charge on any atom is -0.496 e. The third-order valence-electron chi connectivity index (χ3n) is 3.20. The first-order valence-corrected chi connectivity index (χ1v) is 8.10. The van der Waals surface area contributed by atoms with E-state index in [2.05, 4.69) is 17.1 Å². The van der Waals surface area contributed by atoms with Crippen LogP contribution in [0.2, 0.25) is 0 Å². The average Bonchev–Trinajstić information content (AvgIpc) is 2.90. The lowest BCUT2D eigenvalue weighted by atomic mass is 10.1. The second-order valence-corrected chi connectivity index (χ2v) is 5.67. The Morgan fingerprint density at radius 3 is 2.91 bits per heavy atom. The minimum absolute atomic E-state index is 0.0556. The van der Waals surface area contributed by atoms with Crippen LogP contribution in [0.25, 0.3) is 0 Å². The molecule has 7 heteroatoms. The monoisotopic (exact) mass is 321 g/mol. The van der Waals surface area contributed by atoms with Gasteiger partial charge in [0, 0.05) is 6.54 Å². The average molecular weight is 321 g/mol. The normalized spacial score (nSPS) is 10.6. The number of hydrogen-bond acceptors (Lipinski definition) is 5. The van der Waals surface area contributed by atoms with Crippen molar-refractivity contribution in [1.82, 2.24) is 14.8 Å². The van der Waals surface area contributed by atoms with E-state index in [0.717, 1.165) is 12.8 Å². The number of unbranched alkanes of at least 4 members (excludes halogenated alkanes) is 1. The predicted molar refractivity (Wildman–Crippen MR) is 85.8 cm³/mol. The Balaban J connectivity index is 2.07. The first-order chi connectivity index (χ1) is 10.7. The molecule has 0 saturated heterocycles. The number of aromatic amines is 1. The zero-order valence-electron chi connectivity index (χ0n) is 12.7. The van der Waals surface area contributed by atoms with Gasteiger partial charge in [0.25, 0.3) is 0 Å². The Morgan fingerprint density at radius 1 is 1.41 bits per heavy atom. The maximum atomic E-state index is 12.3. The highest BCUT2D eigenvalue weighted by atomic mass is 32.2. The summed E-state index contributed by atoms with van der Waals surface area (Å²) in [5, 5.41) is 6.96. The zero-order chi connectivity index (χ0) is 15.9. The lowest BCUT2D eigenvalue weighted by Gasteiger charge is -2.07. The quantitative estimate of drug-likeness (QED) is 0.596. The van der Waals surface area contributed by atoms with E-state index >= 15 is 0 Å². The fourth-order valence-corrected chi connectivity index (χ4v) is 2.87. The van der Waals surface area contributed by atoms with Gasteiger partial charge in [-0.25, -0.2) is 9.89 Å². The van der Waals surface area contributed by atoms with Crippen LogP contribution in [-0.2, 0) is 6.54 Å². The molecule has 0 amide bonds. The molecular formula is C15H19N3O3S. The second-order valence-electron chi connectivity index (χ2n) is 4.73. The standard InChI is InChI=1S/C15H19N3O3S/c1-3-4-9-18-14(20)16-17-15(18)22-10-12(19)11-7-5-6-8-13(11)21-2/h5-8H,3-4,9-10H2,1-2H3,(H,16,20). The molecule has 118 valence electrons. The number of ether oxygens (including phenoxy) is 1. The molecule has 0 radical (unpaired) electrons. The molecule has 0 aliphatic rings. The van der Waals surface area contributed by atoms with Gasteiger partial charge in [0.05, 0.1) is 18.4 Å². The second kappa shape index (κ2) is 7.84. The Morgan fingerprint density at radius 2 is 2.18 bits per heavy atom. The maximum absolute atomic E-state index is 12.3. The molecule has 0 aliphatic heterocycles. The lowest BCUT2D eigenvalue weighted by Crippen LogP contribution is -2.18. The van der Waals surface area contributed by atoms with E-state index in [1.165, 1.54) is 18.9 Å².